The molecular weight excluding hydrogens is 414 g/mol. The van der Waals surface area contributed by atoms with Gasteiger partial charge < -0.3 is 18.8 Å². The van der Waals surface area contributed by atoms with Crippen LogP contribution in [-0.4, -0.2) is 45.4 Å². The van der Waals surface area contributed by atoms with Crippen LogP contribution < -0.4 is 15.0 Å². The summed E-state index contributed by atoms with van der Waals surface area (Å²) in [6, 6.07) is 11.8. The zero-order valence-corrected chi connectivity index (χ0v) is 18.0. The Kier molecular flexibility index (Phi) is 5.81. The highest BCUT2D eigenvalue weighted by Crippen LogP contribution is 2.31. The Bertz CT molecular complexity index is 1240. The summed E-state index contributed by atoms with van der Waals surface area (Å²) in [5.41, 5.74) is 1.73. The number of rotatable bonds is 6. The van der Waals surface area contributed by atoms with Crippen molar-refractivity contribution in [3.8, 4) is 11.5 Å². The Hall–Kier alpha value is -3.88. The number of nitrogens with zero attached hydrogens (tertiary/aromatic N) is 3. The molecule has 9 nitrogen and oxygen atoms in total. The summed E-state index contributed by atoms with van der Waals surface area (Å²) in [4.78, 5) is 36.3. The van der Waals surface area contributed by atoms with Gasteiger partial charge in [-0.05, 0) is 38.1 Å². The summed E-state index contributed by atoms with van der Waals surface area (Å²) in [5, 5.41) is 3.83. The number of carbonyl (C=O) groups is 2. The number of hydrogen-bond donors (Lipinski definition) is 0. The van der Waals surface area contributed by atoms with Gasteiger partial charge >= 0.3 is 5.97 Å². The number of hydrogen-bond acceptors (Lipinski definition) is 7. The van der Waals surface area contributed by atoms with Gasteiger partial charge in [0.2, 0.25) is 5.78 Å². The minimum Gasteiger partial charge on any atom is -0.486 e. The van der Waals surface area contributed by atoms with Crippen molar-refractivity contribution in [1.82, 2.24) is 14.3 Å². The number of aryl methyl sites for hydroxylation is 2. The molecule has 1 atom stereocenters. The van der Waals surface area contributed by atoms with Gasteiger partial charge in [0.15, 0.2) is 29.9 Å². The number of ketones is 1. The van der Waals surface area contributed by atoms with E-state index in [1.807, 2.05) is 42.7 Å². The molecule has 9 heteroatoms. The summed E-state index contributed by atoms with van der Waals surface area (Å²) in [6.07, 6.45) is -0.203. The molecule has 1 aliphatic heterocycles. The smallest absolute Gasteiger partial charge is 0.359 e. The topological polar surface area (TPSA) is 102 Å². The normalized spacial score (nSPS) is 14.8. The van der Waals surface area contributed by atoms with Crippen LogP contribution in [0.2, 0.25) is 0 Å². The molecule has 1 aromatic carbocycles. The molecule has 1 aliphatic rings. The van der Waals surface area contributed by atoms with Crippen molar-refractivity contribution in [3.05, 3.63) is 75.5 Å². The van der Waals surface area contributed by atoms with Gasteiger partial charge in [0.25, 0.3) is 5.56 Å². The molecule has 2 aromatic heterocycles. The second kappa shape index (κ2) is 8.70. The van der Waals surface area contributed by atoms with Crippen molar-refractivity contribution >= 4 is 11.8 Å². The lowest BCUT2D eigenvalue weighted by atomic mass is 10.1. The molecule has 0 radical (unpaired) electrons. The maximum atomic E-state index is 12.7. The zero-order chi connectivity index (χ0) is 22.8. The minimum atomic E-state index is -0.769. The van der Waals surface area contributed by atoms with Crippen LogP contribution in [0.4, 0.5) is 0 Å². The van der Waals surface area contributed by atoms with Crippen molar-refractivity contribution in [3.63, 3.8) is 0 Å². The molecule has 0 aliphatic carbocycles. The largest absolute Gasteiger partial charge is 0.486 e. The third-order valence-corrected chi connectivity index (χ3v) is 5.33. The number of aromatic nitrogens is 3. The first-order valence-corrected chi connectivity index (χ1v) is 10.1. The van der Waals surface area contributed by atoms with Crippen LogP contribution in [0.25, 0.3) is 0 Å². The number of esters is 1. The third-order valence-electron chi connectivity index (χ3n) is 5.33. The highest BCUT2D eigenvalue weighted by atomic mass is 16.6. The van der Waals surface area contributed by atoms with E-state index >= 15 is 0 Å². The molecule has 0 spiro atoms. The second-order valence-electron chi connectivity index (χ2n) is 7.57. The van der Waals surface area contributed by atoms with Crippen molar-refractivity contribution in [2.24, 2.45) is 7.05 Å². The van der Waals surface area contributed by atoms with Crippen molar-refractivity contribution in [2.45, 2.75) is 26.5 Å². The van der Waals surface area contributed by atoms with Crippen LogP contribution in [-0.2, 0) is 18.3 Å². The molecule has 0 amide bonds. The predicted molar refractivity (Wildman–Crippen MR) is 114 cm³/mol. The minimum absolute atomic E-state index is 0.0416. The maximum Gasteiger partial charge on any atom is 0.359 e. The van der Waals surface area contributed by atoms with Crippen LogP contribution in [0, 0.1) is 13.8 Å². The van der Waals surface area contributed by atoms with E-state index in [9.17, 15) is 14.4 Å². The molecule has 1 unspecified atom stereocenters. The molecule has 0 fully saturated rings. The van der Waals surface area contributed by atoms with Gasteiger partial charge in [-0.15, -0.1) is 0 Å². The van der Waals surface area contributed by atoms with E-state index in [4.69, 9.17) is 14.2 Å². The first-order chi connectivity index (χ1) is 15.3. The fraction of sp³-hybridized carbons (Fsp3) is 0.304. The first kappa shape index (κ1) is 21.4. The van der Waals surface area contributed by atoms with Gasteiger partial charge in [-0.3, -0.25) is 9.59 Å². The van der Waals surface area contributed by atoms with Crippen molar-refractivity contribution in [1.29, 1.82) is 0 Å². The zero-order valence-electron chi connectivity index (χ0n) is 18.0. The Morgan fingerprint density at radius 1 is 1.16 bits per heavy atom. The molecule has 0 N–H and O–H groups in total. The number of benzene rings is 1. The molecule has 32 heavy (non-hydrogen) atoms. The highest BCUT2D eigenvalue weighted by molar-refractivity contribution is 6.00. The van der Waals surface area contributed by atoms with E-state index in [0.29, 0.717) is 24.5 Å². The van der Waals surface area contributed by atoms with E-state index in [1.165, 1.54) is 19.2 Å². The van der Waals surface area contributed by atoms with Gasteiger partial charge in [-0.1, -0.05) is 12.1 Å². The van der Waals surface area contributed by atoms with E-state index in [1.54, 1.807) is 6.07 Å². The highest BCUT2D eigenvalue weighted by Gasteiger charge is 2.24. The molecule has 3 aromatic rings. The number of ether oxygens (including phenoxy) is 3. The second-order valence-corrected chi connectivity index (χ2v) is 7.57. The quantitative estimate of drug-likeness (QED) is 0.430. The van der Waals surface area contributed by atoms with E-state index in [0.717, 1.165) is 21.8 Å². The molecule has 166 valence electrons. The summed E-state index contributed by atoms with van der Waals surface area (Å²) >= 11 is 0. The van der Waals surface area contributed by atoms with Crippen molar-refractivity contribution in [2.75, 3.05) is 13.2 Å². The standard InChI is InChI=1S/C23H23N3O6/c1-14-10-17(19(27)13-31-23(29)18-8-9-22(28)25(3)24-18)15(2)26(14)11-16-12-30-20-6-4-5-7-21(20)32-16/h4-10,16H,11-13H2,1-3H3. The molecular formula is C23H23N3O6. The van der Waals surface area contributed by atoms with Crippen LogP contribution in [0.5, 0.6) is 11.5 Å². The van der Waals surface area contributed by atoms with E-state index in [-0.39, 0.29) is 23.1 Å². The maximum absolute atomic E-state index is 12.7. The van der Waals surface area contributed by atoms with Crippen LogP contribution in [0.1, 0.15) is 32.2 Å². The average molecular weight is 437 g/mol. The Morgan fingerprint density at radius 2 is 1.91 bits per heavy atom. The monoisotopic (exact) mass is 437 g/mol. The van der Waals surface area contributed by atoms with Crippen LogP contribution in [0.3, 0.4) is 0 Å². The molecule has 4 rings (SSSR count). The molecule has 0 saturated heterocycles. The van der Waals surface area contributed by atoms with Crippen LogP contribution >= 0.6 is 0 Å². The number of carbonyl (C=O) groups excluding carboxylic acids is 2. The summed E-state index contributed by atoms with van der Waals surface area (Å²) in [6.45, 7) is 4.24. The predicted octanol–water partition coefficient (Wildman–Crippen LogP) is 2.08. The van der Waals surface area contributed by atoms with Gasteiger partial charge in [-0.25, -0.2) is 9.48 Å². The lowest BCUT2D eigenvalue weighted by Gasteiger charge is -2.27. The van der Waals surface area contributed by atoms with Crippen molar-refractivity contribution < 1.29 is 23.8 Å². The number of Topliss-reactive ketones (excluding diaryl/α,β-unsaturated/α-hetero) is 1. The first-order valence-electron chi connectivity index (χ1n) is 10.1. The van der Waals surface area contributed by atoms with E-state index in [2.05, 4.69) is 5.10 Å². The lowest BCUT2D eigenvalue weighted by molar-refractivity contribution is 0.0466. The summed E-state index contributed by atoms with van der Waals surface area (Å²) in [7, 11) is 1.43. The number of fused-ring (bicyclic) bond motifs is 1. The molecule has 3 heterocycles. The fourth-order valence-electron chi connectivity index (χ4n) is 3.62. The Balaban J connectivity index is 1.42. The fourth-order valence-corrected chi connectivity index (χ4v) is 3.62. The van der Waals surface area contributed by atoms with Gasteiger partial charge in [0.05, 0.1) is 6.54 Å². The van der Waals surface area contributed by atoms with E-state index < -0.39 is 12.6 Å². The Labute approximate surface area is 184 Å². The summed E-state index contributed by atoms with van der Waals surface area (Å²) < 4.78 is 19.9. The molecule has 0 bridgehead atoms. The SMILES string of the molecule is Cc1cc(C(=O)COC(=O)c2ccc(=O)n(C)n2)c(C)n1CC1COc2ccccc2O1. The Morgan fingerprint density at radius 3 is 2.66 bits per heavy atom. The van der Waals surface area contributed by atoms with Gasteiger partial charge in [-0.2, -0.15) is 5.10 Å². The van der Waals surface area contributed by atoms with Gasteiger partial charge in [0, 0.05) is 30.1 Å². The van der Waals surface area contributed by atoms with Gasteiger partial charge in [0.1, 0.15) is 6.61 Å². The van der Waals surface area contributed by atoms with Crippen LogP contribution in [0.15, 0.2) is 47.3 Å². The molecule has 0 saturated carbocycles. The third kappa shape index (κ3) is 4.27. The number of para-hydroxylation sites is 2. The lowest BCUT2D eigenvalue weighted by Crippen LogP contribution is -2.33. The average Bonchev–Trinajstić information content (AvgIpc) is 3.07. The summed E-state index contributed by atoms with van der Waals surface area (Å²) in [5.74, 6) is 0.319.